The molecule has 3 nitrogen and oxygen atoms in total. The molecule has 2 aromatic carbocycles. The first-order valence-electron chi connectivity index (χ1n) is 6.91. The summed E-state index contributed by atoms with van der Waals surface area (Å²) < 4.78 is 0. The van der Waals surface area contributed by atoms with Crippen LogP contribution in [0.3, 0.4) is 0 Å². The van der Waals surface area contributed by atoms with Crippen LogP contribution in [0, 0.1) is 0 Å². The Bertz CT molecular complexity index is 572. The summed E-state index contributed by atoms with van der Waals surface area (Å²) in [6.45, 7) is 6.29. The molecule has 0 aliphatic carbocycles. The molecular formula is C17H20N2O. The zero-order valence-corrected chi connectivity index (χ0v) is 12.0. The van der Waals surface area contributed by atoms with Gasteiger partial charge in [-0.15, -0.1) is 0 Å². The van der Waals surface area contributed by atoms with Crippen molar-refractivity contribution < 1.29 is 5.11 Å². The lowest BCUT2D eigenvalue weighted by molar-refractivity contribution is 0.474. The molecule has 0 aliphatic heterocycles. The average molecular weight is 268 g/mol. The number of benzene rings is 2. The van der Waals surface area contributed by atoms with E-state index >= 15 is 0 Å². The summed E-state index contributed by atoms with van der Waals surface area (Å²) in [6.07, 6.45) is 1.68. The number of aliphatic imine (C=N–C) groups is 1. The molecule has 2 rings (SSSR count). The van der Waals surface area contributed by atoms with Gasteiger partial charge in [0.15, 0.2) is 0 Å². The highest BCUT2D eigenvalue weighted by molar-refractivity contribution is 5.85. The summed E-state index contributed by atoms with van der Waals surface area (Å²) >= 11 is 0. The molecule has 0 aliphatic rings. The van der Waals surface area contributed by atoms with E-state index in [0.717, 1.165) is 24.3 Å². The van der Waals surface area contributed by atoms with Crippen LogP contribution < -0.4 is 4.90 Å². The Morgan fingerprint density at radius 3 is 2.25 bits per heavy atom. The number of phenols is 1. The highest BCUT2D eigenvalue weighted by Gasteiger charge is 2.00. The summed E-state index contributed by atoms with van der Waals surface area (Å²) in [5.41, 5.74) is 2.81. The SMILES string of the molecule is CCN(CC)c1ccc(N=Cc2ccccc2O)cc1. The lowest BCUT2D eigenvalue weighted by atomic mass is 10.2. The van der Waals surface area contributed by atoms with E-state index in [4.69, 9.17) is 0 Å². The Morgan fingerprint density at radius 1 is 1.00 bits per heavy atom. The van der Waals surface area contributed by atoms with E-state index in [1.54, 1.807) is 18.3 Å². The van der Waals surface area contributed by atoms with Crippen molar-refractivity contribution in [3.63, 3.8) is 0 Å². The van der Waals surface area contributed by atoms with Crippen LogP contribution in [-0.4, -0.2) is 24.4 Å². The van der Waals surface area contributed by atoms with Gasteiger partial charge in [-0.05, 0) is 50.2 Å². The Balaban J connectivity index is 2.13. The molecule has 0 atom stereocenters. The van der Waals surface area contributed by atoms with Gasteiger partial charge >= 0.3 is 0 Å². The predicted molar refractivity (Wildman–Crippen MR) is 85.4 cm³/mol. The van der Waals surface area contributed by atoms with Gasteiger partial charge < -0.3 is 10.0 Å². The van der Waals surface area contributed by atoms with Gasteiger partial charge in [0.25, 0.3) is 0 Å². The van der Waals surface area contributed by atoms with E-state index < -0.39 is 0 Å². The van der Waals surface area contributed by atoms with E-state index in [0.29, 0.717) is 0 Å². The van der Waals surface area contributed by atoms with Crippen molar-refractivity contribution in [1.29, 1.82) is 0 Å². The molecule has 3 heteroatoms. The molecule has 0 saturated heterocycles. The smallest absolute Gasteiger partial charge is 0.124 e. The van der Waals surface area contributed by atoms with E-state index in [1.807, 2.05) is 24.3 Å². The fraction of sp³-hybridized carbons (Fsp3) is 0.235. The standard InChI is InChI=1S/C17H20N2O/c1-3-19(4-2)16-11-9-15(10-12-16)18-13-14-7-5-6-8-17(14)20/h5-13,20H,3-4H2,1-2H3. The maximum atomic E-state index is 9.67. The Hall–Kier alpha value is -2.29. The number of anilines is 1. The van der Waals surface area contributed by atoms with Crippen molar-refractivity contribution in [2.24, 2.45) is 4.99 Å². The van der Waals surface area contributed by atoms with E-state index in [-0.39, 0.29) is 5.75 Å². The molecule has 0 amide bonds. The van der Waals surface area contributed by atoms with Crippen LogP contribution in [0.5, 0.6) is 5.75 Å². The maximum Gasteiger partial charge on any atom is 0.124 e. The topological polar surface area (TPSA) is 35.8 Å². The van der Waals surface area contributed by atoms with Crippen LogP contribution in [0.2, 0.25) is 0 Å². The minimum absolute atomic E-state index is 0.246. The molecular weight excluding hydrogens is 248 g/mol. The number of rotatable bonds is 5. The summed E-state index contributed by atoms with van der Waals surface area (Å²) in [6, 6.07) is 15.3. The second-order valence-corrected chi connectivity index (χ2v) is 4.51. The van der Waals surface area contributed by atoms with Gasteiger partial charge in [0.05, 0.1) is 5.69 Å². The minimum atomic E-state index is 0.246. The number of aromatic hydroxyl groups is 1. The second kappa shape index (κ2) is 6.75. The molecule has 20 heavy (non-hydrogen) atoms. The van der Waals surface area contributed by atoms with Crippen molar-refractivity contribution in [3.8, 4) is 5.75 Å². The summed E-state index contributed by atoms with van der Waals surface area (Å²) in [7, 11) is 0. The predicted octanol–water partition coefficient (Wildman–Crippen LogP) is 3.99. The first-order chi connectivity index (χ1) is 9.74. The fourth-order valence-corrected chi connectivity index (χ4v) is 2.08. The number of para-hydroxylation sites is 1. The van der Waals surface area contributed by atoms with Gasteiger partial charge in [0, 0.05) is 30.6 Å². The lowest BCUT2D eigenvalue weighted by Gasteiger charge is -2.20. The number of phenolic OH excluding ortho intramolecular Hbond substituents is 1. The van der Waals surface area contributed by atoms with Crippen LogP contribution in [0.1, 0.15) is 19.4 Å². The van der Waals surface area contributed by atoms with Gasteiger partial charge in [-0.2, -0.15) is 0 Å². The minimum Gasteiger partial charge on any atom is -0.507 e. The summed E-state index contributed by atoms with van der Waals surface area (Å²) in [5, 5.41) is 9.67. The molecule has 0 spiro atoms. The maximum absolute atomic E-state index is 9.67. The fourth-order valence-electron chi connectivity index (χ4n) is 2.08. The van der Waals surface area contributed by atoms with Crippen molar-refractivity contribution in [2.75, 3.05) is 18.0 Å². The van der Waals surface area contributed by atoms with Crippen LogP contribution >= 0.6 is 0 Å². The molecule has 2 aromatic rings. The third-order valence-electron chi connectivity index (χ3n) is 3.27. The van der Waals surface area contributed by atoms with Crippen molar-refractivity contribution in [2.45, 2.75) is 13.8 Å². The molecule has 0 unspecified atom stereocenters. The van der Waals surface area contributed by atoms with Crippen molar-refractivity contribution >= 4 is 17.6 Å². The number of hydrogen-bond acceptors (Lipinski definition) is 3. The molecule has 0 fully saturated rings. The molecule has 0 aromatic heterocycles. The molecule has 0 bridgehead atoms. The third kappa shape index (κ3) is 3.38. The van der Waals surface area contributed by atoms with Gasteiger partial charge in [0.2, 0.25) is 0 Å². The summed E-state index contributed by atoms with van der Waals surface area (Å²) in [4.78, 5) is 6.67. The van der Waals surface area contributed by atoms with Gasteiger partial charge in [-0.3, -0.25) is 4.99 Å². The Kier molecular flexibility index (Phi) is 4.77. The van der Waals surface area contributed by atoms with Crippen molar-refractivity contribution in [1.82, 2.24) is 0 Å². The van der Waals surface area contributed by atoms with E-state index in [9.17, 15) is 5.11 Å². The number of hydrogen-bond donors (Lipinski definition) is 1. The normalized spacial score (nSPS) is 10.9. The first kappa shape index (κ1) is 14.1. The summed E-state index contributed by atoms with van der Waals surface area (Å²) in [5.74, 6) is 0.246. The van der Waals surface area contributed by atoms with E-state index in [1.165, 1.54) is 5.69 Å². The molecule has 0 radical (unpaired) electrons. The van der Waals surface area contributed by atoms with Crippen LogP contribution in [0.4, 0.5) is 11.4 Å². The lowest BCUT2D eigenvalue weighted by Crippen LogP contribution is -2.21. The molecule has 1 N–H and O–H groups in total. The molecule has 104 valence electrons. The third-order valence-corrected chi connectivity index (χ3v) is 3.27. The molecule has 0 saturated carbocycles. The van der Waals surface area contributed by atoms with Crippen LogP contribution in [0.15, 0.2) is 53.5 Å². The largest absolute Gasteiger partial charge is 0.507 e. The van der Waals surface area contributed by atoms with Gasteiger partial charge in [-0.1, -0.05) is 12.1 Å². The first-order valence-corrected chi connectivity index (χ1v) is 6.91. The average Bonchev–Trinajstić information content (AvgIpc) is 2.49. The van der Waals surface area contributed by atoms with Gasteiger partial charge in [-0.25, -0.2) is 0 Å². The zero-order chi connectivity index (χ0) is 14.4. The quantitative estimate of drug-likeness (QED) is 0.832. The van der Waals surface area contributed by atoms with E-state index in [2.05, 4.69) is 35.9 Å². The second-order valence-electron chi connectivity index (χ2n) is 4.51. The molecule has 0 heterocycles. The zero-order valence-electron chi connectivity index (χ0n) is 12.0. The van der Waals surface area contributed by atoms with Crippen LogP contribution in [-0.2, 0) is 0 Å². The Labute approximate surface area is 120 Å². The van der Waals surface area contributed by atoms with Crippen LogP contribution in [0.25, 0.3) is 0 Å². The highest BCUT2D eigenvalue weighted by Crippen LogP contribution is 2.20. The Morgan fingerprint density at radius 2 is 1.65 bits per heavy atom. The number of nitrogens with zero attached hydrogens (tertiary/aromatic N) is 2. The highest BCUT2D eigenvalue weighted by atomic mass is 16.3. The van der Waals surface area contributed by atoms with Gasteiger partial charge in [0.1, 0.15) is 5.75 Å². The monoisotopic (exact) mass is 268 g/mol. The van der Waals surface area contributed by atoms with Crippen molar-refractivity contribution in [3.05, 3.63) is 54.1 Å².